The third-order valence-corrected chi connectivity index (χ3v) is 5.67. The first-order valence-corrected chi connectivity index (χ1v) is 8.47. The van der Waals surface area contributed by atoms with Crippen LogP contribution in [0, 0.1) is 11.3 Å². The molecule has 1 atom stereocenters. The number of nitrogens with zero attached hydrogens (tertiary/aromatic N) is 1. The number of hydrogen-bond acceptors (Lipinski definition) is 4. The zero-order valence-electron chi connectivity index (χ0n) is 12.7. The van der Waals surface area contributed by atoms with Crippen LogP contribution in [-0.2, 0) is 16.6 Å². The van der Waals surface area contributed by atoms with Crippen LogP contribution in [0.5, 0.6) is 0 Å². The average molecular weight is 292 g/mol. The summed E-state index contributed by atoms with van der Waals surface area (Å²) in [6, 6.07) is 0. The van der Waals surface area contributed by atoms with Crippen molar-refractivity contribution in [3.8, 4) is 0 Å². The van der Waals surface area contributed by atoms with Crippen molar-refractivity contribution in [2.24, 2.45) is 11.3 Å². The molecule has 1 aliphatic heterocycles. The summed E-state index contributed by atoms with van der Waals surface area (Å²) in [5.74, 6) is 0.730. The Labute approximate surface area is 125 Å². The highest BCUT2D eigenvalue weighted by molar-refractivity contribution is 7.09. The van der Waals surface area contributed by atoms with Gasteiger partial charge in [-0.3, -0.25) is 4.79 Å². The van der Waals surface area contributed by atoms with Gasteiger partial charge in [0.05, 0.1) is 12.1 Å². The molecule has 1 N–H and O–H groups in total. The number of nitrogens with one attached hydrogen (secondary N) is 1. The monoisotopic (exact) mass is 292 g/mol. The first kappa shape index (κ1) is 14.2. The summed E-state index contributed by atoms with van der Waals surface area (Å²) in [5, 5.41) is 6.49. The van der Waals surface area contributed by atoms with Gasteiger partial charge >= 0.3 is 0 Å². The number of rotatable bonds is 3. The molecule has 2 aliphatic rings. The summed E-state index contributed by atoms with van der Waals surface area (Å²) in [7, 11) is 0. The zero-order chi connectivity index (χ0) is 14.4. The molecule has 110 valence electrons. The highest BCUT2D eigenvalue weighted by atomic mass is 32.1. The second-order valence-corrected chi connectivity index (χ2v) is 8.33. The van der Waals surface area contributed by atoms with Gasteiger partial charge in [-0.15, -0.1) is 11.3 Å². The fourth-order valence-corrected chi connectivity index (χ4v) is 4.32. The molecule has 2 heterocycles. The molecular formula is C16H24N2OS. The van der Waals surface area contributed by atoms with Crippen LogP contribution in [0.3, 0.4) is 0 Å². The Bertz CT molecular complexity index is 509. The second-order valence-electron chi connectivity index (χ2n) is 7.39. The molecule has 2 fully saturated rings. The van der Waals surface area contributed by atoms with Crippen molar-refractivity contribution < 1.29 is 4.79 Å². The van der Waals surface area contributed by atoms with Crippen LogP contribution in [0.2, 0.25) is 0 Å². The maximum absolute atomic E-state index is 12.5. The third kappa shape index (κ3) is 2.68. The maximum atomic E-state index is 12.5. The molecule has 3 rings (SSSR count). The smallest absolute Gasteiger partial charge is 0.143 e. The molecule has 1 spiro atoms. The third-order valence-electron chi connectivity index (χ3n) is 4.82. The number of piperidine rings is 1. The Hall–Kier alpha value is -0.740. The van der Waals surface area contributed by atoms with E-state index in [1.165, 1.54) is 12.8 Å². The molecule has 1 aliphatic carbocycles. The Kier molecular flexibility index (Phi) is 3.49. The zero-order valence-corrected chi connectivity index (χ0v) is 13.5. The maximum Gasteiger partial charge on any atom is 0.143 e. The lowest BCUT2D eigenvalue weighted by atomic mass is 9.90. The van der Waals surface area contributed by atoms with Crippen molar-refractivity contribution in [2.45, 2.75) is 51.9 Å². The average Bonchev–Trinajstić information content (AvgIpc) is 2.85. The molecule has 1 saturated carbocycles. The summed E-state index contributed by atoms with van der Waals surface area (Å²) in [6.45, 7) is 8.65. The van der Waals surface area contributed by atoms with E-state index >= 15 is 0 Å². The number of hydrogen-bond donors (Lipinski definition) is 1. The van der Waals surface area contributed by atoms with E-state index in [1.807, 2.05) is 0 Å². The Balaban J connectivity index is 1.61. The van der Waals surface area contributed by atoms with Crippen molar-refractivity contribution in [2.75, 3.05) is 13.1 Å². The van der Waals surface area contributed by atoms with E-state index in [0.29, 0.717) is 23.5 Å². The number of Topliss-reactive ketones (excluding diaryl/α,β-unsaturated/α-hetero) is 1. The van der Waals surface area contributed by atoms with Crippen molar-refractivity contribution in [1.29, 1.82) is 0 Å². The SMILES string of the molecule is CC(C)(C)c1csc(CC(=O)C2CC23CCNCC3)n1. The molecule has 1 unspecified atom stereocenters. The van der Waals surface area contributed by atoms with Crippen LogP contribution in [0.4, 0.5) is 0 Å². The lowest BCUT2D eigenvalue weighted by Gasteiger charge is -2.23. The van der Waals surface area contributed by atoms with Crippen LogP contribution in [0.15, 0.2) is 5.38 Å². The molecule has 1 aromatic rings. The van der Waals surface area contributed by atoms with Gasteiger partial charge in [0, 0.05) is 16.7 Å². The Morgan fingerprint density at radius 2 is 2.15 bits per heavy atom. The van der Waals surface area contributed by atoms with Gasteiger partial charge in [0.15, 0.2) is 0 Å². The van der Waals surface area contributed by atoms with Crippen molar-refractivity contribution >= 4 is 17.1 Å². The van der Waals surface area contributed by atoms with Crippen molar-refractivity contribution in [3.63, 3.8) is 0 Å². The molecule has 0 bridgehead atoms. The Morgan fingerprint density at radius 1 is 1.45 bits per heavy atom. The number of thiazole rings is 1. The highest BCUT2D eigenvalue weighted by Crippen LogP contribution is 2.59. The summed E-state index contributed by atoms with van der Waals surface area (Å²) in [6.07, 6.45) is 4.01. The lowest BCUT2D eigenvalue weighted by Crippen LogP contribution is -2.31. The van der Waals surface area contributed by atoms with Crippen LogP contribution in [0.25, 0.3) is 0 Å². The fourth-order valence-electron chi connectivity index (χ4n) is 3.29. The summed E-state index contributed by atoms with van der Waals surface area (Å²) < 4.78 is 0. The van der Waals surface area contributed by atoms with E-state index in [4.69, 9.17) is 0 Å². The Morgan fingerprint density at radius 3 is 2.75 bits per heavy atom. The minimum Gasteiger partial charge on any atom is -0.317 e. The van der Waals surface area contributed by atoms with Crippen molar-refractivity contribution in [1.82, 2.24) is 10.3 Å². The normalized spacial score (nSPS) is 24.9. The number of aromatic nitrogens is 1. The predicted molar refractivity (Wildman–Crippen MR) is 82.2 cm³/mol. The summed E-state index contributed by atoms with van der Waals surface area (Å²) in [4.78, 5) is 17.1. The topological polar surface area (TPSA) is 42.0 Å². The molecule has 1 saturated heterocycles. The first-order valence-electron chi connectivity index (χ1n) is 7.59. The van der Waals surface area contributed by atoms with Crippen LogP contribution in [0.1, 0.15) is 50.7 Å². The van der Waals surface area contributed by atoms with E-state index in [2.05, 4.69) is 36.5 Å². The minimum atomic E-state index is 0.0770. The summed E-state index contributed by atoms with van der Waals surface area (Å²) >= 11 is 1.64. The van der Waals surface area contributed by atoms with Gasteiger partial charge in [-0.05, 0) is 37.8 Å². The van der Waals surface area contributed by atoms with E-state index in [9.17, 15) is 4.79 Å². The molecule has 20 heavy (non-hydrogen) atoms. The van der Waals surface area contributed by atoms with Gasteiger partial charge in [0.2, 0.25) is 0 Å². The van der Waals surface area contributed by atoms with Gasteiger partial charge < -0.3 is 5.32 Å². The first-order chi connectivity index (χ1) is 9.41. The number of ketones is 1. The fraction of sp³-hybridized carbons (Fsp3) is 0.750. The van der Waals surface area contributed by atoms with Gasteiger partial charge in [0.25, 0.3) is 0 Å². The molecule has 4 heteroatoms. The second kappa shape index (κ2) is 4.92. The molecular weight excluding hydrogens is 268 g/mol. The summed E-state index contributed by atoms with van der Waals surface area (Å²) in [5.41, 5.74) is 1.54. The minimum absolute atomic E-state index is 0.0770. The van der Waals surface area contributed by atoms with Gasteiger partial charge in [-0.2, -0.15) is 0 Å². The predicted octanol–water partition coefficient (Wildman–Crippen LogP) is 2.94. The lowest BCUT2D eigenvalue weighted by molar-refractivity contribution is -0.120. The van der Waals surface area contributed by atoms with E-state index in [0.717, 1.165) is 30.2 Å². The van der Waals surface area contributed by atoms with E-state index < -0.39 is 0 Å². The van der Waals surface area contributed by atoms with Gasteiger partial charge in [-0.1, -0.05) is 20.8 Å². The van der Waals surface area contributed by atoms with Crippen LogP contribution >= 0.6 is 11.3 Å². The molecule has 0 amide bonds. The van der Waals surface area contributed by atoms with E-state index in [1.54, 1.807) is 11.3 Å². The quantitative estimate of drug-likeness (QED) is 0.931. The van der Waals surface area contributed by atoms with Crippen LogP contribution in [-0.4, -0.2) is 23.9 Å². The van der Waals surface area contributed by atoms with Crippen molar-refractivity contribution in [3.05, 3.63) is 16.1 Å². The molecule has 0 radical (unpaired) electrons. The molecule has 3 nitrogen and oxygen atoms in total. The number of carbonyl (C=O) groups excluding carboxylic acids is 1. The van der Waals surface area contributed by atoms with Gasteiger partial charge in [-0.25, -0.2) is 4.98 Å². The van der Waals surface area contributed by atoms with Gasteiger partial charge in [0.1, 0.15) is 10.8 Å². The largest absolute Gasteiger partial charge is 0.317 e. The standard InChI is InChI=1S/C16H24N2OS/c1-15(2,3)13-10-20-14(18-13)8-12(19)11-9-16(11)4-6-17-7-5-16/h10-11,17H,4-9H2,1-3H3. The van der Waals surface area contributed by atoms with E-state index in [-0.39, 0.29) is 5.41 Å². The number of carbonyl (C=O) groups is 1. The van der Waals surface area contributed by atoms with Crippen LogP contribution < -0.4 is 5.32 Å². The molecule has 1 aromatic heterocycles. The molecule has 0 aromatic carbocycles. The highest BCUT2D eigenvalue weighted by Gasteiger charge is 2.57.